The van der Waals surface area contributed by atoms with Gasteiger partial charge in [0.05, 0.1) is 12.6 Å². The molecule has 1 atom stereocenters. The molecule has 5 heteroatoms. The van der Waals surface area contributed by atoms with Crippen LogP contribution < -0.4 is 0 Å². The second-order valence-corrected chi connectivity index (χ2v) is 4.86. The minimum absolute atomic E-state index is 0.0163. The molecule has 0 aliphatic carbocycles. The number of benzene rings is 1. The number of oxazole rings is 1. The van der Waals surface area contributed by atoms with Crippen molar-refractivity contribution in [3.05, 3.63) is 36.2 Å². The van der Waals surface area contributed by atoms with E-state index in [2.05, 4.69) is 4.98 Å². The lowest BCUT2D eigenvalue weighted by molar-refractivity contribution is -0.127. The maximum atomic E-state index is 12.1. The molecule has 1 amide bonds. The highest BCUT2D eigenvalue weighted by Gasteiger charge is 2.26. The highest BCUT2D eigenvalue weighted by atomic mass is 16.3. The summed E-state index contributed by atoms with van der Waals surface area (Å²) in [7, 11) is 0. The Morgan fingerprint density at radius 3 is 3.15 bits per heavy atom. The first-order valence-electron chi connectivity index (χ1n) is 6.73. The molecule has 1 saturated heterocycles. The largest absolute Gasteiger partial charge is 0.437 e. The predicted molar refractivity (Wildman–Crippen MR) is 74.9 cm³/mol. The lowest BCUT2D eigenvalue weighted by Crippen LogP contribution is -2.36. The molecule has 2 aromatic rings. The molecule has 0 unspecified atom stereocenters. The van der Waals surface area contributed by atoms with Gasteiger partial charge < -0.3 is 14.4 Å². The third kappa shape index (κ3) is 2.44. The van der Waals surface area contributed by atoms with Crippen LogP contribution in [0.15, 0.2) is 34.8 Å². The summed E-state index contributed by atoms with van der Waals surface area (Å²) in [5.41, 5.74) is 1.48. The number of aromatic nitrogens is 1. The third-order valence-electron chi connectivity index (χ3n) is 3.55. The number of hydrogen-bond acceptors (Lipinski definition) is 4. The Hall–Kier alpha value is -2.14. The van der Waals surface area contributed by atoms with E-state index in [0.29, 0.717) is 18.0 Å². The van der Waals surface area contributed by atoms with Gasteiger partial charge >= 0.3 is 0 Å². The molecule has 104 valence electrons. The number of carbonyl (C=O) groups excluding carboxylic acids is 1. The van der Waals surface area contributed by atoms with E-state index in [4.69, 9.17) is 4.42 Å². The van der Waals surface area contributed by atoms with Crippen molar-refractivity contribution in [1.82, 2.24) is 9.88 Å². The van der Waals surface area contributed by atoms with Crippen LogP contribution in [-0.4, -0.2) is 40.1 Å². The average molecular weight is 272 g/mol. The second kappa shape index (κ2) is 5.46. The van der Waals surface area contributed by atoms with Crippen molar-refractivity contribution in [2.45, 2.75) is 18.9 Å². The molecule has 1 aromatic heterocycles. The van der Waals surface area contributed by atoms with Crippen molar-refractivity contribution < 1.29 is 14.3 Å². The molecular formula is C15H16N2O3. The van der Waals surface area contributed by atoms with Crippen LogP contribution in [0.1, 0.15) is 18.7 Å². The van der Waals surface area contributed by atoms with E-state index < -0.39 is 0 Å². The monoisotopic (exact) mass is 272 g/mol. The molecule has 2 heterocycles. The van der Waals surface area contributed by atoms with Crippen LogP contribution in [-0.2, 0) is 4.79 Å². The third-order valence-corrected chi connectivity index (χ3v) is 3.55. The number of carbonyl (C=O) groups is 1. The van der Waals surface area contributed by atoms with Crippen LogP contribution in [0.25, 0.3) is 17.2 Å². The van der Waals surface area contributed by atoms with Gasteiger partial charge in [0.15, 0.2) is 5.58 Å². The van der Waals surface area contributed by atoms with Crippen molar-refractivity contribution in [2.24, 2.45) is 0 Å². The number of hydrogen-bond donors (Lipinski definition) is 1. The van der Waals surface area contributed by atoms with Crippen LogP contribution >= 0.6 is 0 Å². The fourth-order valence-electron chi connectivity index (χ4n) is 2.52. The summed E-state index contributed by atoms with van der Waals surface area (Å²) >= 11 is 0. The zero-order valence-corrected chi connectivity index (χ0v) is 11.0. The lowest BCUT2D eigenvalue weighted by Gasteiger charge is -2.21. The molecule has 1 fully saturated rings. The Kier molecular flexibility index (Phi) is 3.52. The van der Waals surface area contributed by atoms with Crippen LogP contribution in [0.3, 0.4) is 0 Å². The first-order valence-corrected chi connectivity index (χ1v) is 6.73. The van der Waals surface area contributed by atoms with Gasteiger partial charge in [-0.1, -0.05) is 12.1 Å². The number of fused-ring (bicyclic) bond motifs is 1. The van der Waals surface area contributed by atoms with E-state index >= 15 is 0 Å². The molecule has 0 spiro atoms. The van der Waals surface area contributed by atoms with Crippen molar-refractivity contribution in [3.63, 3.8) is 0 Å². The molecule has 1 N–H and O–H groups in total. The summed E-state index contributed by atoms with van der Waals surface area (Å²) in [6, 6.07) is 7.40. The minimum atomic E-state index is -0.108. The number of likely N-dealkylation sites (tertiary alicyclic amines) is 1. The summed E-state index contributed by atoms with van der Waals surface area (Å²) in [5.74, 6) is 0.308. The van der Waals surface area contributed by atoms with Crippen molar-refractivity contribution in [3.8, 4) is 0 Å². The Balaban J connectivity index is 1.74. The van der Waals surface area contributed by atoms with Crippen LogP contribution in [0.2, 0.25) is 0 Å². The zero-order chi connectivity index (χ0) is 13.9. The van der Waals surface area contributed by atoms with Gasteiger partial charge in [-0.25, -0.2) is 4.98 Å². The van der Waals surface area contributed by atoms with Gasteiger partial charge in [0.1, 0.15) is 5.52 Å². The summed E-state index contributed by atoms with van der Waals surface area (Å²) in [6.07, 6.45) is 4.83. The number of para-hydroxylation sites is 2. The van der Waals surface area contributed by atoms with Gasteiger partial charge in [-0.05, 0) is 25.0 Å². The second-order valence-electron chi connectivity index (χ2n) is 4.86. The maximum absolute atomic E-state index is 12.1. The lowest BCUT2D eigenvalue weighted by atomic mass is 10.2. The normalized spacial score (nSPS) is 19.2. The standard InChI is InChI=1S/C15H16N2O3/c18-10-11-4-3-9-17(11)15(19)8-7-14-16-12-5-1-2-6-13(12)20-14/h1-2,5-8,11,18H,3-4,9-10H2/t11-/m0/s1. The highest BCUT2D eigenvalue weighted by molar-refractivity contribution is 5.92. The van der Waals surface area contributed by atoms with E-state index in [1.165, 1.54) is 6.08 Å². The number of aliphatic hydroxyl groups is 1. The number of rotatable bonds is 3. The summed E-state index contributed by atoms with van der Waals surface area (Å²) < 4.78 is 5.52. The molecule has 1 aliphatic heterocycles. The molecule has 1 aliphatic rings. The highest BCUT2D eigenvalue weighted by Crippen LogP contribution is 2.18. The van der Waals surface area contributed by atoms with Crippen LogP contribution in [0, 0.1) is 0 Å². The summed E-state index contributed by atoms with van der Waals surface area (Å²) in [5, 5.41) is 9.22. The molecule has 5 nitrogen and oxygen atoms in total. The smallest absolute Gasteiger partial charge is 0.247 e. The fourth-order valence-corrected chi connectivity index (χ4v) is 2.52. The Morgan fingerprint density at radius 2 is 2.35 bits per heavy atom. The molecule has 0 radical (unpaired) electrons. The average Bonchev–Trinajstić information content (AvgIpc) is 3.10. The van der Waals surface area contributed by atoms with E-state index in [0.717, 1.165) is 18.4 Å². The van der Waals surface area contributed by atoms with E-state index in [1.807, 2.05) is 24.3 Å². The zero-order valence-electron chi connectivity index (χ0n) is 11.0. The van der Waals surface area contributed by atoms with Crippen molar-refractivity contribution in [1.29, 1.82) is 0 Å². The minimum Gasteiger partial charge on any atom is -0.437 e. The number of nitrogens with zero attached hydrogens (tertiary/aromatic N) is 2. The first-order chi connectivity index (χ1) is 9.78. The topological polar surface area (TPSA) is 66.6 Å². The molecule has 3 rings (SSSR count). The fraction of sp³-hybridized carbons (Fsp3) is 0.333. The Morgan fingerprint density at radius 1 is 1.50 bits per heavy atom. The van der Waals surface area contributed by atoms with E-state index in [-0.39, 0.29) is 18.6 Å². The first kappa shape index (κ1) is 12.9. The number of amides is 1. The molecule has 0 saturated carbocycles. The van der Waals surface area contributed by atoms with E-state index in [1.54, 1.807) is 11.0 Å². The molecular weight excluding hydrogens is 256 g/mol. The van der Waals surface area contributed by atoms with Crippen molar-refractivity contribution >= 4 is 23.1 Å². The Labute approximate surface area is 116 Å². The molecule has 0 bridgehead atoms. The summed E-state index contributed by atoms with van der Waals surface area (Å²) in [4.78, 5) is 18.0. The molecule has 1 aromatic carbocycles. The van der Waals surface area contributed by atoms with Gasteiger partial charge in [-0.15, -0.1) is 0 Å². The van der Waals surface area contributed by atoms with E-state index in [9.17, 15) is 9.90 Å². The Bertz CT molecular complexity index is 614. The van der Waals surface area contributed by atoms with Crippen molar-refractivity contribution in [2.75, 3.05) is 13.2 Å². The predicted octanol–water partition coefficient (Wildman–Crippen LogP) is 1.82. The van der Waals surface area contributed by atoms with Gasteiger partial charge in [0.25, 0.3) is 0 Å². The van der Waals surface area contributed by atoms with Crippen LogP contribution in [0.4, 0.5) is 0 Å². The van der Waals surface area contributed by atoms with Gasteiger partial charge in [-0.3, -0.25) is 4.79 Å². The number of aliphatic hydroxyl groups excluding tert-OH is 1. The van der Waals surface area contributed by atoms with Gasteiger partial charge in [-0.2, -0.15) is 0 Å². The quantitative estimate of drug-likeness (QED) is 0.866. The van der Waals surface area contributed by atoms with Gasteiger partial charge in [0.2, 0.25) is 11.8 Å². The summed E-state index contributed by atoms with van der Waals surface area (Å²) in [6.45, 7) is 0.713. The van der Waals surface area contributed by atoms with Gasteiger partial charge in [0, 0.05) is 18.7 Å². The van der Waals surface area contributed by atoms with Crippen LogP contribution in [0.5, 0.6) is 0 Å². The maximum Gasteiger partial charge on any atom is 0.247 e. The SMILES string of the molecule is O=C(C=Cc1nc2ccccc2o1)N1CCC[C@H]1CO. The molecule has 20 heavy (non-hydrogen) atoms.